The summed E-state index contributed by atoms with van der Waals surface area (Å²) in [6.45, 7) is 3.48. The van der Waals surface area contributed by atoms with E-state index in [2.05, 4.69) is 31.0 Å². The van der Waals surface area contributed by atoms with Crippen molar-refractivity contribution in [2.45, 2.75) is 36.5 Å². The van der Waals surface area contributed by atoms with E-state index in [1.54, 1.807) is 19.2 Å². The predicted octanol–water partition coefficient (Wildman–Crippen LogP) is -0.914. The Labute approximate surface area is 210 Å². The average molecular weight is 541 g/mol. The number of nitrogens with one attached hydrogen (secondary N) is 1. The van der Waals surface area contributed by atoms with Crippen molar-refractivity contribution in [1.29, 1.82) is 0 Å². The number of carbonyl (C=O) groups is 3. The first kappa shape index (κ1) is 24.7. The summed E-state index contributed by atoms with van der Waals surface area (Å²) in [5, 5.41) is 28.5. The molecule has 35 heavy (non-hydrogen) atoms. The number of hydrogen-bond donors (Lipinski definition) is 4. The highest BCUT2D eigenvalue weighted by atomic mass is 32.2. The van der Waals surface area contributed by atoms with Gasteiger partial charge in [-0.05, 0) is 29.8 Å². The lowest BCUT2D eigenvalue weighted by atomic mass is 10.0. The average Bonchev–Trinajstić information content (AvgIpc) is 3.42. The molecule has 6 N–H and O–H groups in total. The molecular formula is C17H20N10O5S3. The number of anilines is 1. The van der Waals surface area contributed by atoms with Gasteiger partial charge in [0.1, 0.15) is 28.9 Å². The summed E-state index contributed by atoms with van der Waals surface area (Å²) in [7, 11) is 0. The number of aliphatic carboxylic acids is 1. The normalized spacial score (nSPS) is 20.0. The number of fused-ring (bicyclic) bond motifs is 1. The number of carboxylic acids is 1. The van der Waals surface area contributed by atoms with Crippen LogP contribution in [-0.2, 0) is 19.2 Å². The molecule has 0 aromatic carbocycles. The highest BCUT2D eigenvalue weighted by Crippen LogP contribution is 2.41. The minimum atomic E-state index is -1.25. The summed E-state index contributed by atoms with van der Waals surface area (Å²) in [6.07, 6.45) is -0.299. The first-order valence-electron chi connectivity index (χ1n) is 9.99. The molecule has 186 valence electrons. The molecule has 2 atom stereocenters. The Morgan fingerprint density at radius 1 is 1.46 bits per heavy atom. The second-order valence-corrected chi connectivity index (χ2v) is 10.4. The number of amides is 2. The van der Waals surface area contributed by atoms with Gasteiger partial charge in [0, 0.05) is 16.9 Å². The first-order chi connectivity index (χ1) is 16.7. The summed E-state index contributed by atoms with van der Waals surface area (Å²) in [5.74, 6) is 3.64. The fraction of sp³-hybridized carbons (Fsp3) is 0.412. The second kappa shape index (κ2) is 10.1. The molecule has 2 amide bonds. The van der Waals surface area contributed by atoms with Crippen LogP contribution < -0.4 is 16.9 Å². The van der Waals surface area contributed by atoms with Crippen LogP contribution in [-0.4, -0.2) is 87.8 Å². The van der Waals surface area contributed by atoms with Gasteiger partial charge in [0.05, 0.1) is 0 Å². The molecule has 0 unspecified atom stereocenters. The van der Waals surface area contributed by atoms with Crippen LogP contribution in [0.3, 0.4) is 0 Å². The van der Waals surface area contributed by atoms with Gasteiger partial charge >= 0.3 is 5.97 Å². The van der Waals surface area contributed by atoms with E-state index >= 15 is 0 Å². The van der Waals surface area contributed by atoms with Crippen molar-refractivity contribution in [3.63, 3.8) is 0 Å². The minimum absolute atomic E-state index is 0.128. The Kier molecular flexibility index (Phi) is 7.13. The van der Waals surface area contributed by atoms with Crippen molar-refractivity contribution in [1.82, 2.24) is 35.5 Å². The Balaban J connectivity index is 1.50. The maximum absolute atomic E-state index is 13.0. The molecule has 15 nitrogen and oxygen atoms in total. The maximum atomic E-state index is 13.0. The lowest BCUT2D eigenvalue weighted by Gasteiger charge is -2.49. The van der Waals surface area contributed by atoms with E-state index in [0.717, 1.165) is 27.9 Å². The van der Waals surface area contributed by atoms with E-state index < -0.39 is 29.2 Å². The number of aromatic nitrogens is 5. The molecule has 2 aliphatic rings. The van der Waals surface area contributed by atoms with Crippen LogP contribution in [0.5, 0.6) is 0 Å². The SMILES string of the molecule is CC(C)O/N=C(/C(=O)N[C@@H]1C(=O)N2C(C(=O)O)=C(CSc3nnnn3N)CS[C@H]12)c1csc(N)n1. The van der Waals surface area contributed by atoms with E-state index in [9.17, 15) is 19.5 Å². The molecule has 18 heteroatoms. The van der Waals surface area contributed by atoms with Gasteiger partial charge < -0.3 is 26.8 Å². The number of carboxylic acid groups (broad SMARTS) is 1. The third-order valence-corrected chi connectivity index (χ3v) is 7.74. The van der Waals surface area contributed by atoms with Crippen LogP contribution in [0.2, 0.25) is 0 Å². The summed E-state index contributed by atoms with van der Waals surface area (Å²) in [4.78, 5) is 49.4. The Morgan fingerprint density at radius 2 is 2.23 bits per heavy atom. The van der Waals surface area contributed by atoms with Gasteiger partial charge in [-0.15, -0.1) is 27.9 Å². The Bertz CT molecular complexity index is 1220. The number of thioether (sulfide) groups is 2. The molecule has 0 spiro atoms. The van der Waals surface area contributed by atoms with Crippen molar-refractivity contribution in [2.75, 3.05) is 23.1 Å². The molecule has 4 heterocycles. The summed E-state index contributed by atoms with van der Waals surface area (Å²) in [6, 6.07) is -0.951. The maximum Gasteiger partial charge on any atom is 0.352 e. The number of tetrazole rings is 1. The lowest BCUT2D eigenvalue weighted by molar-refractivity contribution is -0.150. The molecule has 2 aliphatic heterocycles. The van der Waals surface area contributed by atoms with Crippen molar-refractivity contribution < 1.29 is 24.3 Å². The summed E-state index contributed by atoms with van der Waals surface area (Å²) < 4.78 is 0. The second-order valence-electron chi connectivity index (χ2n) is 7.48. The van der Waals surface area contributed by atoms with Crippen molar-refractivity contribution in [2.24, 2.45) is 5.16 Å². The summed E-state index contributed by atoms with van der Waals surface area (Å²) >= 11 is 3.60. The minimum Gasteiger partial charge on any atom is -0.477 e. The number of nitrogens with zero attached hydrogens (tertiary/aromatic N) is 7. The molecule has 2 aromatic rings. The smallest absolute Gasteiger partial charge is 0.352 e. The van der Waals surface area contributed by atoms with Gasteiger partial charge in [0.15, 0.2) is 10.8 Å². The molecule has 0 saturated carbocycles. The van der Waals surface area contributed by atoms with Crippen LogP contribution in [0.4, 0.5) is 5.13 Å². The van der Waals surface area contributed by atoms with Crippen molar-refractivity contribution >= 4 is 63.5 Å². The zero-order valence-corrected chi connectivity index (χ0v) is 20.8. The van der Waals surface area contributed by atoms with Crippen LogP contribution in [0.1, 0.15) is 19.5 Å². The molecule has 1 fully saturated rings. The predicted molar refractivity (Wildman–Crippen MR) is 128 cm³/mol. The van der Waals surface area contributed by atoms with Crippen LogP contribution >= 0.6 is 34.9 Å². The number of hydrogen-bond acceptors (Lipinski definition) is 14. The molecule has 1 saturated heterocycles. The van der Waals surface area contributed by atoms with Gasteiger partial charge in [0.25, 0.3) is 11.8 Å². The van der Waals surface area contributed by atoms with Gasteiger partial charge in [-0.2, -0.15) is 0 Å². The third-order valence-electron chi connectivity index (χ3n) is 4.71. The van der Waals surface area contributed by atoms with E-state index in [0.29, 0.717) is 16.5 Å². The number of nitrogens with two attached hydrogens (primary N) is 2. The Morgan fingerprint density at radius 3 is 2.83 bits per heavy atom. The molecule has 2 aromatic heterocycles. The van der Waals surface area contributed by atoms with Gasteiger partial charge in [-0.25, -0.2) is 9.78 Å². The summed E-state index contributed by atoms with van der Waals surface area (Å²) in [5.41, 5.74) is 6.13. The molecular weight excluding hydrogens is 520 g/mol. The fourth-order valence-electron chi connectivity index (χ4n) is 3.20. The zero-order valence-electron chi connectivity index (χ0n) is 18.3. The number of carbonyl (C=O) groups excluding carboxylic acids is 2. The van der Waals surface area contributed by atoms with Gasteiger partial charge in [-0.3, -0.25) is 14.5 Å². The topological polar surface area (TPSA) is 217 Å². The highest BCUT2D eigenvalue weighted by Gasteiger charge is 2.54. The van der Waals surface area contributed by atoms with Crippen molar-refractivity contribution in [3.8, 4) is 0 Å². The lowest BCUT2D eigenvalue weighted by Crippen LogP contribution is -2.71. The van der Waals surface area contributed by atoms with E-state index in [1.165, 1.54) is 16.7 Å². The van der Waals surface area contributed by atoms with Crippen LogP contribution in [0.15, 0.2) is 27.0 Å². The van der Waals surface area contributed by atoms with E-state index in [4.69, 9.17) is 16.4 Å². The first-order valence-corrected chi connectivity index (χ1v) is 12.9. The number of rotatable bonds is 9. The monoisotopic (exact) mass is 540 g/mol. The van der Waals surface area contributed by atoms with Gasteiger partial charge in [0.2, 0.25) is 5.16 Å². The molecule has 4 rings (SSSR count). The number of nitrogen functional groups attached to an aromatic ring is 2. The highest BCUT2D eigenvalue weighted by molar-refractivity contribution is 8.01. The molecule has 0 aliphatic carbocycles. The Hall–Kier alpha value is -3.38. The third kappa shape index (κ3) is 5.03. The number of oxime groups is 1. The van der Waals surface area contributed by atoms with Crippen LogP contribution in [0, 0.1) is 0 Å². The van der Waals surface area contributed by atoms with Crippen LogP contribution in [0.25, 0.3) is 0 Å². The van der Waals surface area contributed by atoms with Crippen molar-refractivity contribution in [3.05, 3.63) is 22.3 Å². The van der Waals surface area contributed by atoms with E-state index in [-0.39, 0.29) is 34.1 Å². The molecule has 0 radical (unpaired) electrons. The van der Waals surface area contributed by atoms with Gasteiger partial charge in [-0.1, -0.05) is 22.0 Å². The largest absolute Gasteiger partial charge is 0.477 e. The molecule has 0 bridgehead atoms. The zero-order chi connectivity index (χ0) is 25.3. The number of thiazole rings is 1. The fourth-order valence-corrected chi connectivity index (χ4v) is 6.02. The van der Waals surface area contributed by atoms with E-state index in [1.807, 2.05) is 0 Å². The number of β-lactam (4-membered cyclic amide) rings is 1. The standard InChI is InChI=1S/C17H20N10O5S3/c1-6(2)32-23-9(8-5-34-16(18)20-8)12(28)21-10-13(29)26-11(15(30)31)7(3-33-14(10)26)4-35-17-22-24-25-27(17)19/h5-6,10,14H,3-4,19H2,1-2H3,(H2,18,20)(H,21,28)(H,30,31)/b23-9+/t10-,14-/m1/s1. The quantitative estimate of drug-likeness (QED) is 0.0996.